The Labute approximate surface area is 208 Å². The van der Waals surface area contributed by atoms with Crippen LogP contribution < -0.4 is 10.1 Å². The van der Waals surface area contributed by atoms with Gasteiger partial charge >= 0.3 is 0 Å². The lowest BCUT2D eigenvalue weighted by Crippen LogP contribution is -2.39. The van der Waals surface area contributed by atoms with Crippen LogP contribution in [0.15, 0.2) is 42.5 Å². The summed E-state index contributed by atoms with van der Waals surface area (Å²) in [7, 11) is 0. The molecule has 2 N–H and O–H groups in total. The molecule has 0 spiro atoms. The Balaban J connectivity index is 1.09. The summed E-state index contributed by atoms with van der Waals surface area (Å²) in [6.07, 6.45) is 7.92. The van der Waals surface area contributed by atoms with E-state index in [1.54, 1.807) is 0 Å². The van der Waals surface area contributed by atoms with Gasteiger partial charge < -0.3 is 24.8 Å². The maximum Gasteiger partial charge on any atom is 0.251 e. The molecule has 3 aliphatic rings. The van der Waals surface area contributed by atoms with Crippen molar-refractivity contribution in [3.8, 4) is 5.75 Å². The largest absolute Gasteiger partial charge is 0.491 e. The van der Waals surface area contributed by atoms with Crippen molar-refractivity contribution >= 4 is 5.91 Å². The monoisotopic (exact) mass is 478 g/mol. The Kier molecular flexibility index (Phi) is 8.02. The number of fused-ring (bicyclic) bond motifs is 1. The summed E-state index contributed by atoms with van der Waals surface area (Å²) in [5, 5.41) is 12.9. The number of rotatable bonds is 8. The number of aliphatic hydroxyl groups excluding tert-OH is 1. The number of amides is 1. The average molecular weight is 479 g/mol. The molecule has 2 heterocycles. The highest BCUT2D eigenvalue weighted by atomic mass is 16.5. The van der Waals surface area contributed by atoms with Crippen LogP contribution in [0.1, 0.15) is 59.2 Å². The van der Waals surface area contributed by atoms with Gasteiger partial charge in [0.1, 0.15) is 12.4 Å². The van der Waals surface area contributed by atoms with E-state index >= 15 is 0 Å². The third-order valence-corrected chi connectivity index (χ3v) is 7.68. The number of likely N-dealkylation sites (tertiary alicyclic amines) is 1. The summed E-state index contributed by atoms with van der Waals surface area (Å²) in [5.41, 5.74) is 4.83. The number of aryl methyl sites for hydroxylation is 1. The lowest BCUT2D eigenvalue weighted by atomic mass is 9.86. The van der Waals surface area contributed by atoms with Gasteiger partial charge in [0.2, 0.25) is 0 Å². The van der Waals surface area contributed by atoms with Crippen molar-refractivity contribution in [3.05, 3.63) is 64.7 Å². The Hall–Kier alpha value is -2.41. The zero-order valence-electron chi connectivity index (χ0n) is 20.6. The Morgan fingerprint density at radius 2 is 1.89 bits per heavy atom. The first-order chi connectivity index (χ1) is 17.1. The molecule has 2 atom stereocenters. The Bertz CT molecular complexity index is 979. The lowest BCUT2D eigenvalue weighted by Gasteiger charge is -2.29. The fourth-order valence-electron chi connectivity index (χ4n) is 5.45. The minimum absolute atomic E-state index is 0.0209. The number of piperidine rings is 1. The molecule has 0 aromatic heterocycles. The number of carbonyl (C=O) groups is 1. The summed E-state index contributed by atoms with van der Waals surface area (Å²) in [4.78, 5) is 15.3. The van der Waals surface area contributed by atoms with E-state index in [0.29, 0.717) is 12.2 Å². The van der Waals surface area contributed by atoms with Gasteiger partial charge in [0.25, 0.3) is 5.91 Å². The summed E-state index contributed by atoms with van der Waals surface area (Å²) < 4.78 is 11.4. The highest BCUT2D eigenvalue weighted by molar-refractivity contribution is 5.94. The number of ether oxygens (including phenoxy) is 2. The van der Waals surface area contributed by atoms with Crippen LogP contribution in [-0.4, -0.2) is 67.0 Å². The number of hydrogen-bond acceptors (Lipinski definition) is 5. The van der Waals surface area contributed by atoms with E-state index in [1.807, 2.05) is 24.3 Å². The summed E-state index contributed by atoms with van der Waals surface area (Å²) in [6.45, 7) is 4.45. The first-order valence-corrected chi connectivity index (χ1v) is 13.3. The van der Waals surface area contributed by atoms with Gasteiger partial charge in [0, 0.05) is 37.8 Å². The predicted molar refractivity (Wildman–Crippen MR) is 136 cm³/mol. The molecular weight excluding hydrogens is 440 g/mol. The highest BCUT2D eigenvalue weighted by Crippen LogP contribution is 2.24. The molecule has 5 rings (SSSR count). The van der Waals surface area contributed by atoms with Gasteiger partial charge in [-0.2, -0.15) is 0 Å². The molecule has 0 saturated carbocycles. The number of nitrogens with one attached hydrogen (secondary N) is 1. The zero-order chi connectivity index (χ0) is 24.0. The number of hydrogen-bond donors (Lipinski definition) is 2. The third-order valence-electron chi connectivity index (χ3n) is 7.68. The van der Waals surface area contributed by atoms with Crippen LogP contribution in [0.25, 0.3) is 0 Å². The maximum absolute atomic E-state index is 12.8. The molecule has 6 heteroatoms. The predicted octanol–water partition coefficient (Wildman–Crippen LogP) is 3.53. The number of aliphatic hydroxyl groups is 1. The fraction of sp³-hybridized carbons (Fsp3) is 0.552. The van der Waals surface area contributed by atoms with Gasteiger partial charge in [-0.3, -0.25) is 4.79 Å². The molecule has 35 heavy (non-hydrogen) atoms. The first kappa shape index (κ1) is 24.3. The van der Waals surface area contributed by atoms with Gasteiger partial charge in [-0.1, -0.05) is 18.2 Å². The van der Waals surface area contributed by atoms with E-state index in [4.69, 9.17) is 9.47 Å². The van der Waals surface area contributed by atoms with Crippen molar-refractivity contribution in [3.63, 3.8) is 0 Å². The highest BCUT2D eigenvalue weighted by Gasteiger charge is 2.22. The normalized spacial score (nSPS) is 23.1. The van der Waals surface area contributed by atoms with Crippen LogP contribution in [0.4, 0.5) is 0 Å². The summed E-state index contributed by atoms with van der Waals surface area (Å²) >= 11 is 0. The maximum atomic E-state index is 12.8. The molecule has 0 bridgehead atoms. The van der Waals surface area contributed by atoms with Crippen molar-refractivity contribution in [1.82, 2.24) is 10.2 Å². The van der Waals surface area contributed by atoms with E-state index in [9.17, 15) is 9.90 Å². The molecule has 0 unspecified atom stereocenters. The molecule has 2 aliphatic heterocycles. The molecule has 6 nitrogen and oxygen atoms in total. The summed E-state index contributed by atoms with van der Waals surface area (Å²) in [6, 6.07) is 14.4. The second-order valence-corrected chi connectivity index (χ2v) is 10.3. The van der Waals surface area contributed by atoms with Crippen LogP contribution in [0.3, 0.4) is 0 Å². The minimum atomic E-state index is -0.112. The van der Waals surface area contributed by atoms with Gasteiger partial charge in [-0.25, -0.2) is 0 Å². The fourth-order valence-corrected chi connectivity index (χ4v) is 5.45. The van der Waals surface area contributed by atoms with E-state index in [0.717, 1.165) is 83.4 Å². The lowest BCUT2D eigenvalue weighted by molar-refractivity contribution is 0.0679. The van der Waals surface area contributed by atoms with Gasteiger partial charge in [-0.05, 0) is 92.3 Å². The van der Waals surface area contributed by atoms with E-state index in [-0.39, 0.29) is 24.2 Å². The van der Waals surface area contributed by atoms with Crippen LogP contribution >= 0.6 is 0 Å². The van der Waals surface area contributed by atoms with Crippen molar-refractivity contribution in [2.45, 2.75) is 69.6 Å². The van der Waals surface area contributed by atoms with E-state index < -0.39 is 0 Å². The quantitative estimate of drug-likeness (QED) is 0.608. The Morgan fingerprint density at radius 1 is 1.06 bits per heavy atom. The second-order valence-electron chi connectivity index (χ2n) is 10.3. The molecule has 1 amide bonds. The van der Waals surface area contributed by atoms with E-state index in [2.05, 4.69) is 28.4 Å². The molecule has 0 radical (unpaired) electrons. The minimum Gasteiger partial charge on any atom is -0.491 e. The zero-order valence-corrected chi connectivity index (χ0v) is 20.6. The van der Waals surface area contributed by atoms with Gasteiger partial charge in [0.15, 0.2) is 0 Å². The van der Waals surface area contributed by atoms with Crippen molar-refractivity contribution in [1.29, 1.82) is 0 Å². The van der Waals surface area contributed by atoms with Gasteiger partial charge in [0.05, 0.1) is 12.2 Å². The average Bonchev–Trinajstić information content (AvgIpc) is 3.41. The van der Waals surface area contributed by atoms with Gasteiger partial charge in [-0.15, -0.1) is 0 Å². The third kappa shape index (κ3) is 6.63. The molecule has 1 aliphatic carbocycles. The van der Waals surface area contributed by atoms with Crippen LogP contribution in [-0.2, 0) is 24.0 Å². The number of carbonyl (C=O) groups excluding carboxylic acids is 1. The van der Waals surface area contributed by atoms with Crippen LogP contribution in [0.2, 0.25) is 0 Å². The summed E-state index contributed by atoms with van der Waals surface area (Å²) in [5.74, 6) is 0.754. The number of benzene rings is 2. The standard InChI is InChI=1S/C29H38N2O4/c32-26-12-15-31(16-13-26)14-11-21-3-4-24-19-25(8-5-23(24)18-21)30-29(33)22-6-9-27(10-7-22)35-20-28-2-1-17-34-28/h3-4,6-7,9-10,18,25-26,28,32H,1-2,5,8,11-17,19-20H2,(H,30,33)/t25-,28-/m0/s1. The topological polar surface area (TPSA) is 71.0 Å². The van der Waals surface area contributed by atoms with Crippen LogP contribution in [0.5, 0.6) is 5.75 Å². The molecule has 188 valence electrons. The number of nitrogens with zero attached hydrogens (tertiary/aromatic N) is 1. The smallest absolute Gasteiger partial charge is 0.251 e. The van der Waals surface area contributed by atoms with Crippen molar-refractivity contribution in [2.75, 3.05) is 32.8 Å². The van der Waals surface area contributed by atoms with E-state index in [1.165, 1.54) is 16.7 Å². The van der Waals surface area contributed by atoms with Crippen LogP contribution in [0, 0.1) is 0 Å². The molecular formula is C29H38N2O4. The van der Waals surface area contributed by atoms with Crippen molar-refractivity contribution in [2.24, 2.45) is 0 Å². The second kappa shape index (κ2) is 11.5. The molecule has 2 fully saturated rings. The SMILES string of the molecule is O=C(N[C@H]1CCc2cc(CCN3CCC(O)CC3)ccc2C1)c1ccc(OC[C@@H]2CCCO2)cc1. The van der Waals surface area contributed by atoms with Crippen molar-refractivity contribution < 1.29 is 19.4 Å². The molecule has 2 saturated heterocycles. The Morgan fingerprint density at radius 3 is 2.66 bits per heavy atom. The molecule has 2 aromatic carbocycles. The first-order valence-electron chi connectivity index (χ1n) is 13.3. The molecule has 2 aromatic rings.